The number of anilines is 1. The average Bonchev–Trinajstić information content (AvgIpc) is 2.75. The van der Waals surface area contributed by atoms with Gasteiger partial charge < -0.3 is 20.4 Å². The summed E-state index contributed by atoms with van der Waals surface area (Å²) in [5.41, 5.74) is 7.53. The predicted molar refractivity (Wildman–Crippen MR) is 131 cm³/mol. The van der Waals surface area contributed by atoms with Crippen LogP contribution >= 0.6 is 31.2 Å². The van der Waals surface area contributed by atoms with E-state index >= 15 is 0 Å². The van der Waals surface area contributed by atoms with Gasteiger partial charge in [-0.3, -0.25) is 14.1 Å². The molecule has 1 heterocycles. The summed E-state index contributed by atoms with van der Waals surface area (Å²) in [6.07, 6.45) is 4.96. The van der Waals surface area contributed by atoms with Crippen molar-refractivity contribution in [3.63, 3.8) is 0 Å². The van der Waals surface area contributed by atoms with E-state index in [4.69, 9.17) is 27.1 Å². The molecule has 0 aliphatic rings. The lowest BCUT2D eigenvalue weighted by atomic mass is 10.2. The van der Waals surface area contributed by atoms with Crippen molar-refractivity contribution in [1.29, 1.82) is 0 Å². The first kappa shape index (κ1) is 27.7. The number of nitrogens with two attached hydrogens (primary N) is 1. The average molecular weight is 527 g/mol. The van der Waals surface area contributed by atoms with Crippen molar-refractivity contribution in [1.82, 2.24) is 14.9 Å². The molecule has 1 amide bonds. The third-order valence-electron chi connectivity index (χ3n) is 4.39. The first-order valence-corrected chi connectivity index (χ1v) is 12.6. The Morgan fingerprint density at radius 1 is 1.38 bits per heavy atom. The van der Waals surface area contributed by atoms with Crippen molar-refractivity contribution in [2.45, 2.75) is 26.8 Å². The number of thioether (sulfide) groups is 1. The van der Waals surface area contributed by atoms with Gasteiger partial charge in [-0.05, 0) is 49.4 Å². The van der Waals surface area contributed by atoms with E-state index in [1.54, 1.807) is 44.2 Å². The Labute approximate surface area is 206 Å². The first-order chi connectivity index (χ1) is 16.0. The summed E-state index contributed by atoms with van der Waals surface area (Å²) < 4.78 is 15.6. The number of benzene rings is 1. The van der Waals surface area contributed by atoms with Crippen LogP contribution in [-0.4, -0.2) is 42.8 Å². The number of aryl methyl sites for hydroxylation is 1. The molecule has 34 heavy (non-hydrogen) atoms. The molecule has 0 bridgehead atoms. The van der Waals surface area contributed by atoms with E-state index in [0.717, 1.165) is 17.3 Å². The Morgan fingerprint density at radius 2 is 2.12 bits per heavy atom. The summed E-state index contributed by atoms with van der Waals surface area (Å²) in [4.78, 5) is 52.2. The van der Waals surface area contributed by atoms with Crippen molar-refractivity contribution in [3.8, 4) is 0 Å². The number of nitrogens with zero attached hydrogens (tertiary/aromatic N) is 3. The highest BCUT2D eigenvalue weighted by Gasteiger charge is 2.19. The van der Waals surface area contributed by atoms with Gasteiger partial charge in [0.15, 0.2) is 0 Å². The number of carbonyl (C=O) groups is 2. The maximum absolute atomic E-state index is 12.6. The number of phosphoric ester groups is 1. The topological polar surface area (TPSA) is 156 Å². The van der Waals surface area contributed by atoms with Gasteiger partial charge in [-0.2, -0.15) is 0 Å². The fourth-order valence-electron chi connectivity index (χ4n) is 2.71. The molecule has 1 aromatic heterocycles. The largest absolute Gasteiger partial charge is 0.469 e. The Hall–Kier alpha value is -2.53. The minimum atomic E-state index is -4.70. The minimum absolute atomic E-state index is 0.0252. The first-order valence-electron chi connectivity index (χ1n) is 9.83. The van der Waals surface area contributed by atoms with E-state index in [2.05, 4.69) is 14.5 Å². The van der Waals surface area contributed by atoms with E-state index in [9.17, 15) is 14.2 Å². The van der Waals surface area contributed by atoms with Crippen LogP contribution in [0.1, 0.15) is 30.3 Å². The number of rotatable bonds is 11. The maximum atomic E-state index is 12.6. The molecule has 1 aromatic carbocycles. The van der Waals surface area contributed by atoms with Gasteiger partial charge in [0.05, 0.1) is 13.2 Å². The lowest BCUT2D eigenvalue weighted by molar-refractivity contribution is -0.117. The van der Waals surface area contributed by atoms with Crippen molar-refractivity contribution in [3.05, 3.63) is 69.1 Å². The van der Waals surface area contributed by atoms with E-state index in [1.165, 1.54) is 17.2 Å². The number of halogens is 1. The van der Waals surface area contributed by atoms with E-state index in [0.29, 0.717) is 33.4 Å². The summed E-state index contributed by atoms with van der Waals surface area (Å²) in [6, 6.07) is 6.92. The normalized spacial score (nSPS) is 12.5. The van der Waals surface area contributed by atoms with E-state index in [1.807, 2.05) is 0 Å². The molecule has 0 fully saturated rings. The number of aromatic nitrogens is 2. The number of carbonyl (C=O) groups excluding carboxylic acids is 2. The predicted octanol–water partition coefficient (Wildman–Crippen LogP) is 3.68. The van der Waals surface area contributed by atoms with Gasteiger partial charge in [0.1, 0.15) is 11.6 Å². The molecular weight excluding hydrogens is 503 g/mol. The molecule has 0 saturated heterocycles. The molecule has 10 nitrogen and oxygen atoms in total. The minimum Gasteiger partial charge on any atom is -0.383 e. The summed E-state index contributed by atoms with van der Waals surface area (Å²) in [5.74, 6) is 0.695. The molecule has 0 aliphatic carbocycles. The smallest absolute Gasteiger partial charge is 0.383 e. The number of allylic oxidation sites excluding steroid dienone is 1. The molecule has 0 radical (unpaired) electrons. The van der Waals surface area contributed by atoms with Crippen LogP contribution in [0.15, 0.2) is 47.1 Å². The highest BCUT2D eigenvalue weighted by Crippen LogP contribution is 2.37. The van der Waals surface area contributed by atoms with Crippen molar-refractivity contribution >= 4 is 54.6 Å². The molecule has 13 heteroatoms. The summed E-state index contributed by atoms with van der Waals surface area (Å²) in [5, 5.41) is 0.156. The van der Waals surface area contributed by atoms with Gasteiger partial charge >= 0.3 is 7.82 Å². The second-order valence-corrected chi connectivity index (χ2v) is 9.73. The number of hydrogen-bond donors (Lipinski definition) is 3. The van der Waals surface area contributed by atoms with Crippen LogP contribution in [0.2, 0.25) is 5.02 Å². The SMILES string of the molecule is C/C(=C(\CCOP(=O)(O)O)SC(=O)/C=C/c1cccc(Cl)c1)N(C=O)Cc1cnc(C)nc1N. The van der Waals surface area contributed by atoms with Crippen LogP contribution in [0.5, 0.6) is 0 Å². The van der Waals surface area contributed by atoms with Gasteiger partial charge in [-0.1, -0.05) is 29.8 Å². The van der Waals surface area contributed by atoms with Crippen molar-refractivity contribution < 1.29 is 28.5 Å². The zero-order valence-electron chi connectivity index (χ0n) is 18.4. The van der Waals surface area contributed by atoms with Crippen LogP contribution in [0.4, 0.5) is 5.82 Å². The molecule has 0 unspecified atom stereocenters. The van der Waals surface area contributed by atoms with Gasteiger partial charge in [-0.15, -0.1) is 0 Å². The second kappa shape index (κ2) is 12.8. The number of hydrogen-bond acceptors (Lipinski definition) is 8. The van der Waals surface area contributed by atoms with Gasteiger partial charge in [0.25, 0.3) is 0 Å². The lowest BCUT2D eigenvalue weighted by Crippen LogP contribution is -2.22. The fraction of sp³-hybridized carbons (Fsp3) is 0.238. The van der Waals surface area contributed by atoms with E-state index in [-0.39, 0.29) is 30.5 Å². The second-order valence-electron chi connectivity index (χ2n) is 6.95. The third kappa shape index (κ3) is 9.38. The Bertz CT molecular complexity index is 1150. The van der Waals surface area contributed by atoms with Crippen LogP contribution < -0.4 is 5.73 Å². The number of amides is 1. The summed E-state index contributed by atoms with van der Waals surface area (Å²) in [7, 11) is -4.70. The Morgan fingerprint density at radius 3 is 2.74 bits per heavy atom. The molecule has 0 spiro atoms. The van der Waals surface area contributed by atoms with Crippen LogP contribution in [0, 0.1) is 6.92 Å². The molecule has 2 rings (SSSR count). The van der Waals surface area contributed by atoms with Crippen LogP contribution in [-0.2, 0) is 25.2 Å². The Kier molecular flexibility index (Phi) is 10.4. The van der Waals surface area contributed by atoms with Gasteiger partial charge in [-0.25, -0.2) is 14.5 Å². The number of phosphoric acid groups is 1. The highest BCUT2D eigenvalue weighted by molar-refractivity contribution is 8.17. The molecule has 2 aromatic rings. The van der Waals surface area contributed by atoms with Crippen LogP contribution in [0.25, 0.3) is 6.08 Å². The molecule has 4 N–H and O–H groups in total. The molecule has 182 valence electrons. The van der Waals surface area contributed by atoms with Crippen molar-refractivity contribution in [2.75, 3.05) is 12.3 Å². The number of nitrogen functional groups attached to an aromatic ring is 1. The third-order valence-corrected chi connectivity index (χ3v) is 6.23. The summed E-state index contributed by atoms with van der Waals surface area (Å²) >= 11 is 6.76. The molecular formula is C21H24ClN4O6PS. The fourth-order valence-corrected chi connectivity index (χ4v) is 4.06. The van der Waals surface area contributed by atoms with Crippen molar-refractivity contribution in [2.24, 2.45) is 0 Å². The quantitative estimate of drug-likeness (QED) is 0.224. The molecule has 0 atom stereocenters. The van der Waals surface area contributed by atoms with Crippen LogP contribution in [0.3, 0.4) is 0 Å². The maximum Gasteiger partial charge on any atom is 0.469 e. The summed E-state index contributed by atoms with van der Waals surface area (Å²) in [6.45, 7) is 2.96. The molecule has 0 aliphatic heterocycles. The standard InChI is InChI=1S/C21H24ClN4O6PS/c1-14(26(13-27)12-17-11-24-15(2)25-21(17)23)19(8-9-32-33(29,30)31)34-20(28)7-6-16-4-3-5-18(22)10-16/h3-7,10-11,13H,8-9,12H2,1-2H3,(H2,23,24,25)(H2,29,30,31)/b7-6+,19-14-. The lowest BCUT2D eigenvalue weighted by Gasteiger charge is -2.22. The Balaban J connectivity index is 2.26. The van der Waals surface area contributed by atoms with Gasteiger partial charge in [0, 0.05) is 33.8 Å². The highest BCUT2D eigenvalue weighted by atomic mass is 35.5. The van der Waals surface area contributed by atoms with Gasteiger partial charge in [0.2, 0.25) is 11.5 Å². The monoisotopic (exact) mass is 526 g/mol. The zero-order chi connectivity index (χ0) is 25.3. The van der Waals surface area contributed by atoms with E-state index < -0.39 is 7.82 Å². The molecule has 0 saturated carbocycles. The zero-order valence-corrected chi connectivity index (χ0v) is 20.9.